The first-order valence-electron chi connectivity index (χ1n) is 6.77. The number of amides is 2. The molecule has 2 amide bonds. The largest absolute Gasteiger partial charge is 0.356 e. The van der Waals surface area contributed by atoms with Gasteiger partial charge in [-0.3, -0.25) is 9.59 Å². The average Bonchev–Trinajstić information content (AvgIpc) is 2.65. The maximum atomic E-state index is 11.7. The van der Waals surface area contributed by atoms with Gasteiger partial charge >= 0.3 is 0 Å². The van der Waals surface area contributed by atoms with Gasteiger partial charge in [0.05, 0.1) is 12.8 Å². The summed E-state index contributed by atoms with van der Waals surface area (Å²) in [6, 6.07) is 5.82. The van der Waals surface area contributed by atoms with Crippen molar-refractivity contribution in [3.63, 3.8) is 0 Å². The van der Waals surface area contributed by atoms with E-state index < -0.39 is 0 Å². The Bertz CT molecular complexity index is 497. The highest BCUT2D eigenvalue weighted by molar-refractivity contribution is 6.01. The molecule has 4 nitrogen and oxygen atoms in total. The molecule has 0 aromatic heterocycles. The molecule has 0 unspecified atom stereocenters. The fourth-order valence-corrected chi connectivity index (χ4v) is 2.29. The summed E-state index contributed by atoms with van der Waals surface area (Å²) < 4.78 is 0. The van der Waals surface area contributed by atoms with Crippen LogP contribution in [0.3, 0.4) is 0 Å². The quantitative estimate of drug-likeness (QED) is 0.819. The topological polar surface area (TPSA) is 49.4 Å². The van der Waals surface area contributed by atoms with Crippen LogP contribution >= 0.6 is 0 Å². The molecule has 1 aromatic carbocycles. The van der Waals surface area contributed by atoms with Crippen molar-refractivity contribution in [2.75, 3.05) is 18.5 Å². The van der Waals surface area contributed by atoms with E-state index in [0.29, 0.717) is 12.8 Å². The third kappa shape index (κ3) is 3.13. The fraction of sp³-hybridized carbons (Fsp3) is 0.467. The highest BCUT2D eigenvalue weighted by Crippen LogP contribution is 2.28. The minimum atomic E-state index is 0.0473. The van der Waals surface area contributed by atoms with Gasteiger partial charge in [-0.2, -0.15) is 0 Å². The molecule has 0 aliphatic carbocycles. The summed E-state index contributed by atoms with van der Waals surface area (Å²) in [5, 5.41) is 2.90. The third-order valence-corrected chi connectivity index (χ3v) is 3.44. The van der Waals surface area contributed by atoms with Gasteiger partial charge in [0.1, 0.15) is 0 Å². The number of likely N-dealkylation sites (N-methyl/N-ethyl adjacent to an activating group) is 1. The zero-order chi connectivity index (χ0) is 13.8. The van der Waals surface area contributed by atoms with Crippen molar-refractivity contribution in [2.24, 2.45) is 0 Å². The summed E-state index contributed by atoms with van der Waals surface area (Å²) in [5.74, 6) is 0.158. The van der Waals surface area contributed by atoms with Gasteiger partial charge in [0.25, 0.3) is 0 Å². The Morgan fingerprint density at radius 3 is 2.95 bits per heavy atom. The molecule has 1 aliphatic heterocycles. The van der Waals surface area contributed by atoms with Crippen LogP contribution < -0.4 is 10.2 Å². The van der Waals surface area contributed by atoms with E-state index >= 15 is 0 Å². The first kappa shape index (κ1) is 13.6. The molecule has 19 heavy (non-hydrogen) atoms. The lowest BCUT2D eigenvalue weighted by atomic mass is 10.1. The highest BCUT2D eigenvalue weighted by Gasteiger charge is 2.23. The highest BCUT2D eigenvalue weighted by atomic mass is 16.2. The van der Waals surface area contributed by atoms with Gasteiger partial charge < -0.3 is 10.2 Å². The van der Waals surface area contributed by atoms with Crippen molar-refractivity contribution in [1.29, 1.82) is 0 Å². The van der Waals surface area contributed by atoms with Crippen LogP contribution in [-0.2, 0) is 22.4 Å². The molecule has 0 atom stereocenters. The molecule has 0 fully saturated rings. The van der Waals surface area contributed by atoms with Gasteiger partial charge in [-0.1, -0.05) is 25.5 Å². The SMILES string of the molecule is CCCCNC(=O)Cc1ccc2c(c1)CC(=O)N2C. The van der Waals surface area contributed by atoms with Crippen molar-refractivity contribution in [3.8, 4) is 0 Å². The van der Waals surface area contributed by atoms with E-state index in [1.165, 1.54) is 0 Å². The van der Waals surface area contributed by atoms with Gasteiger partial charge in [0, 0.05) is 19.3 Å². The van der Waals surface area contributed by atoms with E-state index in [-0.39, 0.29) is 11.8 Å². The first-order chi connectivity index (χ1) is 9.11. The van der Waals surface area contributed by atoms with Gasteiger partial charge in [-0.15, -0.1) is 0 Å². The Balaban J connectivity index is 1.98. The molecule has 102 valence electrons. The lowest BCUT2D eigenvalue weighted by Crippen LogP contribution is -2.26. The molecule has 0 saturated carbocycles. The predicted molar refractivity (Wildman–Crippen MR) is 75.2 cm³/mol. The van der Waals surface area contributed by atoms with Crippen LogP contribution in [0, 0.1) is 0 Å². The number of hydrogen-bond donors (Lipinski definition) is 1. The number of nitrogens with one attached hydrogen (secondary N) is 1. The molecular formula is C15H20N2O2. The van der Waals surface area contributed by atoms with Gasteiger partial charge in [0.15, 0.2) is 0 Å². The van der Waals surface area contributed by atoms with E-state index in [1.54, 1.807) is 11.9 Å². The van der Waals surface area contributed by atoms with Crippen LogP contribution in [-0.4, -0.2) is 25.4 Å². The van der Waals surface area contributed by atoms with Crippen molar-refractivity contribution in [2.45, 2.75) is 32.6 Å². The summed E-state index contributed by atoms with van der Waals surface area (Å²) >= 11 is 0. The van der Waals surface area contributed by atoms with E-state index in [2.05, 4.69) is 12.2 Å². The zero-order valence-electron chi connectivity index (χ0n) is 11.5. The van der Waals surface area contributed by atoms with Crippen LogP contribution in [0.1, 0.15) is 30.9 Å². The number of nitrogens with zero attached hydrogens (tertiary/aromatic N) is 1. The van der Waals surface area contributed by atoms with E-state index in [4.69, 9.17) is 0 Å². The average molecular weight is 260 g/mol. The summed E-state index contributed by atoms with van der Waals surface area (Å²) in [4.78, 5) is 25.0. The second-order valence-electron chi connectivity index (χ2n) is 4.97. The number of carbonyl (C=O) groups is 2. The van der Waals surface area contributed by atoms with Crippen molar-refractivity contribution < 1.29 is 9.59 Å². The van der Waals surface area contributed by atoms with Crippen LogP contribution in [0.25, 0.3) is 0 Å². The second-order valence-corrected chi connectivity index (χ2v) is 4.97. The second kappa shape index (κ2) is 5.87. The number of hydrogen-bond acceptors (Lipinski definition) is 2. The minimum absolute atomic E-state index is 0.0473. The monoisotopic (exact) mass is 260 g/mol. The van der Waals surface area contributed by atoms with Crippen molar-refractivity contribution in [3.05, 3.63) is 29.3 Å². The Morgan fingerprint density at radius 2 is 2.21 bits per heavy atom. The predicted octanol–water partition coefficient (Wildman–Crippen LogP) is 1.66. The summed E-state index contributed by atoms with van der Waals surface area (Å²) in [6.07, 6.45) is 2.91. The van der Waals surface area contributed by atoms with Crippen LogP contribution in [0.15, 0.2) is 18.2 Å². The molecule has 0 radical (unpaired) electrons. The number of benzene rings is 1. The summed E-state index contributed by atoms with van der Waals surface area (Å²) in [5.41, 5.74) is 2.95. The molecule has 0 saturated heterocycles. The number of anilines is 1. The third-order valence-electron chi connectivity index (χ3n) is 3.44. The van der Waals surface area contributed by atoms with Gasteiger partial charge in [-0.25, -0.2) is 0 Å². The van der Waals surface area contributed by atoms with E-state index in [0.717, 1.165) is 36.2 Å². The number of fused-ring (bicyclic) bond motifs is 1. The molecule has 1 aromatic rings. The summed E-state index contributed by atoms with van der Waals surface area (Å²) in [6.45, 7) is 2.83. The van der Waals surface area contributed by atoms with Crippen LogP contribution in [0.4, 0.5) is 5.69 Å². The molecular weight excluding hydrogens is 240 g/mol. The normalized spacial score (nSPS) is 13.6. The van der Waals surface area contributed by atoms with Crippen LogP contribution in [0.2, 0.25) is 0 Å². The molecule has 0 bridgehead atoms. The van der Waals surface area contributed by atoms with Crippen molar-refractivity contribution in [1.82, 2.24) is 5.32 Å². The van der Waals surface area contributed by atoms with Gasteiger partial charge in [-0.05, 0) is 23.6 Å². The Labute approximate surface area is 113 Å². The minimum Gasteiger partial charge on any atom is -0.356 e. The lowest BCUT2D eigenvalue weighted by molar-refractivity contribution is -0.120. The van der Waals surface area contributed by atoms with Crippen LogP contribution in [0.5, 0.6) is 0 Å². The molecule has 1 aliphatic rings. The number of carbonyl (C=O) groups excluding carboxylic acids is 2. The van der Waals surface area contributed by atoms with Crippen molar-refractivity contribution >= 4 is 17.5 Å². The smallest absolute Gasteiger partial charge is 0.231 e. The van der Waals surface area contributed by atoms with E-state index in [9.17, 15) is 9.59 Å². The number of rotatable bonds is 5. The number of unbranched alkanes of at least 4 members (excludes halogenated alkanes) is 1. The Hall–Kier alpha value is -1.84. The zero-order valence-corrected chi connectivity index (χ0v) is 11.5. The Kier molecular flexibility index (Phi) is 4.20. The summed E-state index contributed by atoms with van der Waals surface area (Å²) in [7, 11) is 1.78. The molecule has 1 heterocycles. The Morgan fingerprint density at radius 1 is 1.42 bits per heavy atom. The maximum Gasteiger partial charge on any atom is 0.231 e. The molecule has 4 heteroatoms. The van der Waals surface area contributed by atoms with Gasteiger partial charge in [0.2, 0.25) is 11.8 Å². The molecule has 2 rings (SSSR count). The first-order valence-corrected chi connectivity index (χ1v) is 6.77. The molecule has 0 spiro atoms. The fourth-order valence-electron chi connectivity index (χ4n) is 2.29. The maximum absolute atomic E-state index is 11.7. The van der Waals surface area contributed by atoms with E-state index in [1.807, 2.05) is 18.2 Å². The molecule has 1 N–H and O–H groups in total. The lowest BCUT2D eigenvalue weighted by Gasteiger charge is -2.10. The standard InChI is InChI=1S/C15H20N2O2/c1-3-4-7-16-14(18)9-11-5-6-13-12(8-11)10-15(19)17(13)2/h5-6,8H,3-4,7,9-10H2,1-2H3,(H,16,18).